The van der Waals surface area contributed by atoms with E-state index in [1.807, 2.05) is 78.9 Å². The Kier molecular flexibility index (Phi) is 3.45. The van der Waals surface area contributed by atoms with Gasteiger partial charge < -0.3 is 13.6 Å². The molecule has 6 aromatic rings. The minimum absolute atomic E-state index is 0.0273. The molecule has 0 N–H and O–H groups in total. The van der Waals surface area contributed by atoms with Gasteiger partial charge in [-0.05, 0) is 48.0 Å². The molecule has 0 amide bonds. The summed E-state index contributed by atoms with van der Waals surface area (Å²) in [7, 11) is 0. The van der Waals surface area contributed by atoms with E-state index in [-0.39, 0.29) is 12.4 Å². The molecule has 0 aliphatic carbocycles. The zero-order chi connectivity index (χ0) is 21.2. The third-order valence-electron chi connectivity index (χ3n) is 6.15. The second-order valence-corrected chi connectivity index (χ2v) is 8.05. The Morgan fingerprint density at radius 1 is 0.688 bits per heavy atom. The highest BCUT2D eigenvalue weighted by Crippen LogP contribution is 2.39. The largest absolute Gasteiger partial charge is 0.488 e. The van der Waals surface area contributed by atoms with Crippen molar-refractivity contribution in [3.63, 3.8) is 0 Å². The fraction of sp³-hybridized carbons (Fsp3) is 0.0357. The average molecular weight is 416 g/mol. The second-order valence-electron chi connectivity index (χ2n) is 8.05. The molecule has 152 valence electrons. The van der Waals surface area contributed by atoms with Crippen molar-refractivity contribution in [2.24, 2.45) is 0 Å². The first-order chi connectivity index (χ1) is 15.8. The van der Waals surface area contributed by atoms with Crippen molar-refractivity contribution in [2.75, 3.05) is 6.61 Å². The number of furan rings is 2. The normalized spacial score (nSPS) is 15.1. The molecule has 0 fully saturated rings. The zero-order valence-electron chi connectivity index (χ0n) is 16.9. The lowest BCUT2D eigenvalue weighted by atomic mass is 9.94. The van der Waals surface area contributed by atoms with E-state index in [2.05, 4.69) is 6.07 Å². The van der Waals surface area contributed by atoms with Gasteiger partial charge in [0.25, 0.3) is 0 Å². The van der Waals surface area contributed by atoms with E-state index >= 15 is 0 Å². The Labute approximate surface area is 182 Å². The molecule has 4 heteroatoms. The van der Waals surface area contributed by atoms with E-state index in [0.717, 1.165) is 43.9 Å². The highest BCUT2D eigenvalue weighted by atomic mass is 16.5. The number of fused-ring (bicyclic) bond motifs is 8. The molecule has 2 aromatic heterocycles. The van der Waals surface area contributed by atoms with E-state index in [4.69, 9.17) is 13.6 Å². The number of ketones is 1. The van der Waals surface area contributed by atoms with Gasteiger partial charge >= 0.3 is 0 Å². The molecular formula is C28H16O4. The standard InChI is InChI=1S/C28H16O4/c29-28-17(13-16-9-10-23-20(14-16)18-5-1-3-7-21(18)31-23)15-30-24-11-12-25-26(27(24)28)19-6-2-4-8-22(19)32-25/h1-14H,15H2/b17-13+. The summed E-state index contributed by atoms with van der Waals surface area (Å²) in [5.41, 5.74) is 5.25. The zero-order valence-corrected chi connectivity index (χ0v) is 16.9. The maximum atomic E-state index is 13.6. The van der Waals surface area contributed by atoms with E-state index in [0.29, 0.717) is 22.5 Å². The van der Waals surface area contributed by atoms with Crippen molar-refractivity contribution in [2.45, 2.75) is 0 Å². The molecule has 4 nitrogen and oxygen atoms in total. The number of para-hydroxylation sites is 2. The Morgan fingerprint density at radius 2 is 1.38 bits per heavy atom. The van der Waals surface area contributed by atoms with Crippen LogP contribution in [0.15, 0.2) is 93.3 Å². The highest BCUT2D eigenvalue weighted by Gasteiger charge is 2.28. The number of carbonyl (C=O) groups is 1. The number of rotatable bonds is 1. The third kappa shape index (κ3) is 2.41. The molecule has 1 aliphatic heterocycles. The molecule has 0 saturated heterocycles. The van der Waals surface area contributed by atoms with Gasteiger partial charge in [-0.1, -0.05) is 42.5 Å². The highest BCUT2D eigenvalue weighted by molar-refractivity contribution is 6.25. The molecule has 0 radical (unpaired) electrons. The fourth-order valence-electron chi connectivity index (χ4n) is 4.67. The molecular weight excluding hydrogens is 400 g/mol. The van der Waals surface area contributed by atoms with Crippen LogP contribution in [0.5, 0.6) is 5.75 Å². The third-order valence-corrected chi connectivity index (χ3v) is 6.15. The molecule has 0 bridgehead atoms. The van der Waals surface area contributed by atoms with Gasteiger partial charge in [0.1, 0.15) is 34.7 Å². The predicted molar refractivity (Wildman–Crippen MR) is 125 cm³/mol. The molecule has 1 aliphatic rings. The van der Waals surface area contributed by atoms with Crippen LogP contribution in [0.4, 0.5) is 0 Å². The molecule has 0 saturated carbocycles. The molecule has 0 spiro atoms. The Hall–Kier alpha value is -4.31. The molecule has 0 unspecified atom stereocenters. The van der Waals surface area contributed by atoms with Crippen LogP contribution < -0.4 is 4.74 Å². The van der Waals surface area contributed by atoms with Crippen LogP contribution in [0, 0.1) is 0 Å². The average Bonchev–Trinajstić information content (AvgIpc) is 3.39. The summed E-state index contributed by atoms with van der Waals surface area (Å²) < 4.78 is 17.9. The van der Waals surface area contributed by atoms with Crippen molar-refractivity contribution < 1.29 is 18.4 Å². The number of carbonyl (C=O) groups excluding carboxylic acids is 1. The fourth-order valence-corrected chi connectivity index (χ4v) is 4.67. The van der Waals surface area contributed by atoms with Crippen LogP contribution in [0.2, 0.25) is 0 Å². The molecule has 7 rings (SSSR count). The lowest BCUT2D eigenvalue weighted by Crippen LogP contribution is -2.19. The van der Waals surface area contributed by atoms with Crippen LogP contribution in [0.3, 0.4) is 0 Å². The summed E-state index contributed by atoms with van der Waals surface area (Å²) in [4.78, 5) is 13.6. The van der Waals surface area contributed by atoms with Gasteiger partial charge in [-0.15, -0.1) is 0 Å². The van der Waals surface area contributed by atoms with Crippen LogP contribution in [-0.2, 0) is 0 Å². The first-order valence-electron chi connectivity index (χ1n) is 10.5. The van der Waals surface area contributed by atoms with Crippen molar-refractivity contribution in [1.29, 1.82) is 0 Å². The Bertz CT molecular complexity index is 1750. The monoisotopic (exact) mass is 416 g/mol. The number of Topliss-reactive ketones (excluding diaryl/α,β-unsaturated/α-hetero) is 1. The topological polar surface area (TPSA) is 52.6 Å². The lowest BCUT2D eigenvalue weighted by molar-refractivity contribution is 0.100. The summed E-state index contributed by atoms with van der Waals surface area (Å²) in [6, 6.07) is 25.4. The number of ether oxygens (including phenoxy) is 1. The summed E-state index contributed by atoms with van der Waals surface area (Å²) >= 11 is 0. The van der Waals surface area contributed by atoms with E-state index in [1.165, 1.54) is 0 Å². The van der Waals surface area contributed by atoms with E-state index in [9.17, 15) is 4.79 Å². The molecule has 0 atom stereocenters. The molecule has 32 heavy (non-hydrogen) atoms. The SMILES string of the molecule is O=C1/C(=C/c2ccc3oc4ccccc4c3c2)COc2ccc3oc4ccccc4c3c21. The maximum Gasteiger partial charge on any atom is 0.196 e. The van der Waals surface area contributed by atoms with Gasteiger partial charge in [0, 0.05) is 27.1 Å². The Balaban J connectivity index is 1.39. The van der Waals surface area contributed by atoms with E-state index in [1.54, 1.807) is 0 Å². The van der Waals surface area contributed by atoms with Gasteiger partial charge in [0.05, 0.1) is 5.56 Å². The minimum Gasteiger partial charge on any atom is -0.488 e. The maximum absolute atomic E-state index is 13.6. The van der Waals surface area contributed by atoms with Crippen molar-refractivity contribution in [1.82, 2.24) is 0 Å². The smallest absolute Gasteiger partial charge is 0.196 e. The van der Waals surface area contributed by atoms with Gasteiger partial charge in [0.15, 0.2) is 5.78 Å². The summed E-state index contributed by atoms with van der Waals surface area (Å²) in [6.07, 6.45) is 1.91. The number of hydrogen-bond acceptors (Lipinski definition) is 4. The molecule has 4 aromatic carbocycles. The quantitative estimate of drug-likeness (QED) is 0.267. The van der Waals surface area contributed by atoms with Gasteiger partial charge in [0.2, 0.25) is 0 Å². The van der Waals surface area contributed by atoms with E-state index < -0.39 is 0 Å². The van der Waals surface area contributed by atoms with Crippen LogP contribution >= 0.6 is 0 Å². The second kappa shape index (κ2) is 6.34. The van der Waals surface area contributed by atoms with Crippen LogP contribution in [-0.4, -0.2) is 12.4 Å². The predicted octanol–water partition coefficient (Wildman–Crippen LogP) is 7.14. The van der Waals surface area contributed by atoms with Crippen molar-refractivity contribution in [3.05, 3.63) is 95.6 Å². The molecule has 3 heterocycles. The van der Waals surface area contributed by atoms with Gasteiger partial charge in [-0.2, -0.15) is 0 Å². The van der Waals surface area contributed by atoms with Crippen molar-refractivity contribution >= 4 is 55.7 Å². The van der Waals surface area contributed by atoms with Crippen LogP contribution in [0.25, 0.3) is 50.0 Å². The van der Waals surface area contributed by atoms with Crippen LogP contribution in [0.1, 0.15) is 15.9 Å². The first-order valence-corrected chi connectivity index (χ1v) is 10.5. The van der Waals surface area contributed by atoms with Crippen molar-refractivity contribution in [3.8, 4) is 5.75 Å². The Morgan fingerprint density at radius 3 is 2.25 bits per heavy atom. The minimum atomic E-state index is -0.0273. The van der Waals surface area contributed by atoms with Gasteiger partial charge in [-0.25, -0.2) is 0 Å². The number of hydrogen-bond donors (Lipinski definition) is 0. The first kappa shape index (κ1) is 17.4. The number of benzene rings is 4. The summed E-state index contributed by atoms with van der Waals surface area (Å²) in [5.74, 6) is 0.572. The summed E-state index contributed by atoms with van der Waals surface area (Å²) in [5, 5.41) is 3.82. The lowest BCUT2D eigenvalue weighted by Gasteiger charge is -2.19. The van der Waals surface area contributed by atoms with Gasteiger partial charge in [-0.3, -0.25) is 4.79 Å². The summed E-state index contributed by atoms with van der Waals surface area (Å²) in [6.45, 7) is 0.233.